The predicted octanol–water partition coefficient (Wildman–Crippen LogP) is 4.17. The first kappa shape index (κ1) is 18.2. The van der Waals surface area contributed by atoms with Crippen molar-refractivity contribution in [3.05, 3.63) is 59.1 Å². The molecule has 5 nitrogen and oxygen atoms in total. The smallest absolute Gasteiger partial charge is 0.266 e. The average molecular weight is 429 g/mol. The van der Waals surface area contributed by atoms with Crippen molar-refractivity contribution in [3.8, 4) is 0 Å². The lowest BCUT2D eigenvalue weighted by molar-refractivity contribution is -0.126. The van der Waals surface area contributed by atoms with E-state index >= 15 is 0 Å². The van der Waals surface area contributed by atoms with Gasteiger partial charge >= 0.3 is 0 Å². The summed E-state index contributed by atoms with van der Waals surface area (Å²) >= 11 is 3.38. The predicted molar refractivity (Wildman–Crippen MR) is 107 cm³/mol. The van der Waals surface area contributed by atoms with Gasteiger partial charge in [-0.15, -0.1) is 0 Å². The molecule has 0 bridgehead atoms. The summed E-state index contributed by atoms with van der Waals surface area (Å²) in [7, 11) is 0. The van der Waals surface area contributed by atoms with E-state index in [1.165, 1.54) is 4.90 Å². The van der Waals surface area contributed by atoms with E-state index in [0.717, 1.165) is 16.6 Å². The Hall–Kier alpha value is -2.18. The van der Waals surface area contributed by atoms with Crippen molar-refractivity contribution in [3.63, 3.8) is 0 Å². The number of imide groups is 1. The van der Waals surface area contributed by atoms with E-state index in [0.29, 0.717) is 11.6 Å². The highest BCUT2D eigenvalue weighted by Crippen LogP contribution is 2.42. The van der Waals surface area contributed by atoms with Crippen molar-refractivity contribution in [1.29, 1.82) is 0 Å². The molecule has 2 heterocycles. The number of carbonyl (C=O) groups excluding carboxylic acids is 2. The van der Waals surface area contributed by atoms with E-state index in [4.69, 9.17) is 4.84 Å². The topological polar surface area (TPSA) is 49.9 Å². The maximum absolute atomic E-state index is 13.2. The molecule has 0 saturated carbocycles. The molecular formula is C21H21BrN2O3. The molecule has 0 unspecified atom stereocenters. The number of anilines is 2. The van der Waals surface area contributed by atoms with Crippen molar-refractivity contribution in [2.24, 2.45) is 11.8 Å². The Labute approximate surface area is 167 Å². The third-order valence-electron chi connectivity index (χ3n) is 5.05. The molecule has 27 heavy (non-hydrogen) atoms. The first-order chi connectivity index (χ1) is 13.0. The standard InChI is InChI=1S/C21H21BrN2O3/c1-13(2)12-17-18-19(27-24(17)16-6-4-3-5-7-16)21(26)23(20(18)25)15-10-8-14(22)9-11-15/h3-11,13,17-19H,12H2,1-2H3/t17-,18+,19-/m0/s1. The van der Waals surface area contributed by atoms with Crippen LogP contribution in [0.5, 0.6) is 0 Å². The Morgan fingerprint density at radius 3 is 2.26 bits per heavy atom. The molecular weight excluding hydrogens is 408 g/mol. The number of fused-ring (bicyclic) bond motifs is 1. The van der Waals surface area contributed by atoms with Gasteiger partial charge in [-0.1, -0.05) is 48.0 Å². The first-order valence-electron chi connectivity index (χ1n) is 9.12. The van der Waals surface area contributed by atoms with Crippen LogP contribution in [0.15, 0.2) is 59.1 Å². The molecule has 2 aromatic carbocycles. The van der Waals surface area contributed by atoms with Gasteiger partial charge in [-0.2, -0.15) is 0 Å². The molecule has 6 heteroatoms. The maximum Gasteiger partial charge on any atom is 0.266 e. The van der Waals surface area contributed by atoms with Crippen molar-refractivity contribution in [2.45, 2.75) is 32.4 Å². The Morgan fingerprint density at radius 1 is 0.963 bits per heavy atom. The molecule has 2 amide bonds. The molecule has 3 atom stereocenters. The monoisotopic (exact) mass is 428 g/mol. The molecule has 2 saturated heterocycles. The Balaban J connectivity index is 1.69. The number of para-hydroxylation sites is 1. The minimum atomic E-state index is -0.773. The fourth-order valence-electron chi connectivity index (χ4n) is 3.89. The number of hydrogen-bond acceptors (Lipinski definition) is 4. The molecule has 0 spiro atoms. The molecule has 0 aromatic heterocycles. The van der Waals surface area contributed by atoms with Crippen molar-refractivity contribution < 1.29 is 14.4 Å². The molecule has 140 valence electrons. The molecule has 0 N–H and O–H groups in total. The minimum Gasteiger partial charge on any atom is -0.273 e. The van der Waals surface area contributed by atoms with E-state index in [1.54, 1.807) is 17.2 Å². The van der Waals surface area contributed by atoms with Gasteiger partial charge in [0.2, 0.25) is 5.91 Å². The summed E-state index contributed by atoms with van der Waals surface area (Å²) in [4.78, 5) is 33.6. The van der Waals surface area contributed by atoms with Crippen LogP contribution in [0.3, 0.4) is 0 Å². The lowest BCUT2D eigenvalue weighted by Gasteiger charge is -2.29. The van der Waals surface area contributed by atoms with Gasteiger partial charge in [-0.3, -0.25) is 14.4 Å². The van der Waals surface area contributed by atoms with Crippen LogP contribution in [0, 0.1) is 11.8 Å². The highest BCUT2D eigenvalue weighted by atomic mass is 79.9. The fourth-order valence-corrected chi connectivity index (χ4v) is 4.15. The fraction of sp³-hybridized carbons (Fsp3) is 0.333. The van der Waals surface area contributed by atoms with Crippen LogP contribution in [0.25, 0.3) is 0 Å². The van der Waals surface area contributed by atoms with Crippen LogP contribution < -0.4 is 9.96 Å². The Morgan fingerprint density at radius 2 is 1.63 bits per heavy atom. The van der Waals surface area contributed by atoms with Gasteiger partial charge in [0.15, 0.2) is 6.10 Å². The zero-order chi connectivity index (χ0) is 19.1. The van der Waals surface area contributed by atoms with E-state index in [-0.39, 0.29) is 17.9 Å². The molecule has 0 radical (unpaired) electrons. The van der Waals surface area contributed by atoms with E-state index in [2.05, 4.69) is 29.8 Å². The highest BCUT2D eigenvalue weighted by Gasteiger charge is 2.59. The molecule has 2 aromatic rings. The third kappa shape index (κ3) is 3.17. The van der Waals surface area contributed by atoms with Crippen LogP contribution in [-0.4, -0.2) is 24.0 Å². The molecule has 2 fully saturated rings. The molecule has 0 aliphatic carbocycles. The normalized spacial score (nSPS) is 24.8. The zero-order valence-corrected chi connectivity index (χ0v) is 16.8. The first-order valence-corrected chi connectivity index (χ1v) is 9.91. The lowest BCUT2D eigenvalue weighted by Crippen LogP contribution is -2.41. The zero-order valence-electron chi connectivity index (χ0n) is 15.2. The van der Waals surface area contributed by atoms with Crippen molar-refractivity contribution in [2.75, 3.05) is 9.96 Å². The number of hydrogen-bond donors (Lipinski definition) is 0. The summed E-state index contributed by atoms with van der Waals surface area (Å²) in [6.07, 6.45) is -0.00593. The van der Waals surface area contributed by atoms with Gasteiger partial charge < -0.3 is 0 Å². The van der Waals surface area contributed by atoms with Crippen molar-refractivity contribution >= 4 is 39.1 Å². The lowest BCUT2D eigenvalue weighted by atomic mass is 9.90. The van der Waals surface area contributed by atoms with Gasteiger partial charge in [-0.05, 0) is 48.7 Å². The minimum absolute atomic E-state index is 0.172. The van der Waals surface area contributed by atoms with Gasteiger partial charge in [0.25, 0.3) is 5.91 Å². The van der Waals surface area contributed by atoms with Gasteiger partial charge in [0.05, 0.1) is 23.3 Å². The number of halogens is 1. The Kier molecular flexibility index (Phi) is 4.78. The van der Waals surface area contributed by atoms with Gasteiger partial charge in [0.1, 0.15) is 0 Å². The van der Waals surface area contributed by atoms with Crippen LogP contribution in [0.2, 0.25) is 0 Å². The van der Waals surface area contributed by atoms with Gasteiger partial charge in [-0.25, -0.2) is 9.96 Å². The van der Waals surface area contributed by atoms with Crippen LogP contribution in [-0.2, 0) is 14.4 Å². The average Bonchev–Trinajstić information content (AvgIpc) is 3.13. The second-order valence-corrected chi connectivity index (χ2v) is 8.31. The van der Waals surface area contributed by atoms with E-state index in [9.17, 15) is 9.59 Å². The summed E-state index contributed by atoms with van der Waals surface area (Å²) in [5.74, 6) is -0.604. The molecule has 2 aliphatic rings. The Bertz CT molecular complexity index is 853. The van der Waals surface area contributed by atoms with Crippen LogP contribution >= 0.6 is 15.9 Å². The van der Waals surface area contributed by atoms with Gasteiger partial charge in [0, 0.05) is 4.47 Å². The summed E-state index contributed by atoms with van der Waals surface area (Å²) < 4.78 is 0.898. The quantitative estimate of drug-likeness (QED) is 0.685. The number of amides is 2. The van der Waals surface area contributed by atoms with Crippen LogP contribution in [0.4, 0.5) is 11.4 Å². The summed E-state index contributed by atoms with van der Waals surface area (Å²) in [6.45, 7) is 4.23. The number of nitrogens with zero attached hydrogens (tertiary/aromatic N) is 2. The number of hydroxylamine groups is 1. The maximum atomic E-state index is 13.2. The van der Waals surface area contributed by atoms with Crippen molar-refractivity contribution in [1.82, 2.24) is 0 Å². The van der Waals surface area contributed by atoms with E-state index in [1.807, 2.05) is 42.5 Å². The van der Waals surface area contributed by atoms with Crippen LogP contribution in [0.1, 0.15) is 20.3 Å². The SMILES string of the molecule is CC(C)C[C@H]1[C@H]2C(=O)N(c3ccc(Br)cc3)C(=O)[C@H]2ON1c1ccccc1. The second kappa shape index (κ2) is 7.09. The summed E-state index contributed by atoms with van der Waals surface area (Å²) in [5.41, 5.74) is 1.45. The number of benzene rings is 2. The highest BCUT2D eigenvalue weighted by molar-refractivity contribution is 9.10. The molecule has 4 rings (SSSR count). The number of carbonyl (C=O) groups is 2. The largest absolute Gasteiger partial charge is 0.273 e. The third-order valence-corrected chi connectivity index (χ3v) is 5.58. The second-order valence-electron chi connectivity index (χ2n) is 7.40. The van der Waals surface area contributed by atoms with E-state index < -0.39 is 12.0 Å². The number of rotatable bonds is 4. The summed E-state index contributed by atoms with van der Waals surface area (Å²) in [6, 6.07) is 16.7. The summed E-state index contributed by atoms with van der Waals surface area (Å²) in [5, 5.41) is 1.77. The molecule has 2 aliphatic heterocycles.